The molecule has 10 heteroatoms. The molecule has 1 aliphatic heterocycles. The van der Waals surface area contributed by atoms with E-state index in [4.69, 9.17) is 9.57 Å². The van der Waals surface area contributed by atoms with Crippen molar-refractivity contribution in [2.75, 3.05) is 7.11 Å². The van der Waals surface area contributed by atoms with Crippen molar-refractivity contribution < 1.29 is 18.8 Å². The number of rotatable bonds is 6. The summed E-state index contributed by atoms with van der Waals surface area (Å²) in [5.74, 6) is -0.377. The number of carbonyl (C=O) groups is 1. The number of benzene rings is 1. The molecule has 0 fully saturated rings. The molecule has 1 amide bonds. The number of ether oxygens (including phenoxy) is 1. The number of halogens is 1. The predicted octanol–water partition coefficient (Wildman–Crippen LogP) is 2.43. The molecule has 0 unspecified atom stereocenters. The van der Waals surface area contributed by atoms with Crippen molar-refractivity contribution in [2.45, 2.75) is 26.0 Å². The number of hydrogen-bond donors (Lipinski definition) is 1. The van der Waals surface area contributed by atoms with E-state index < -0.39 is 17.8 Å². The van der Waals surface area contributed by atoms with Crippen molar-refractivity contribution in [1.82, 2.24) is 19.9 Å². The van der Waals surface area contributed by atoms with Gasteiger partial charge in [-0.25, -0.2) is 14.4 Å². The largest absolute Gasteiger partial charge is 0.494 e. The van der Waals surface area contributed by atoms with E-state index in [2.05, 4.69) is 20.4 Å². The van der Waals surface area contributed by atoms with Gasteiger partial charge < -0.3 is 19.5 Å². The van der Waals surface area contributed by atoms with Gasteiger partial charge in [0, 0.05) is 37.8 Å². The first kappa shape index (κ1) is 22.1. The maximum atomic E-state index is 13.6. The molecule has 1 aliphatic rings. The molecule has 1 aromatic carbocycles. The number of aryl methyl sites for hydroxylation is 2. The van der Waals surface area contributed by atoms with Crippen LogP contribution in [0, 0.1) is 12.7 Å². The van der Waals surface area contributed by atoms with Gasteiger partial charge in [0.1, 0.15) is 17.2 Å². The average molecular weight is 451 g/mol. The third-order valence-corrected chi connectivity index (χ3v) is 5.20. The van der Waals surface area contributed by atoms with Gasteiger partial charge in [0.2, 0.25) is 0 Å². The highest BCUT2D eigenvalue weighted by Crippen LogP contribution is 2.28. The van der Waals surface area contributed by atoms with E-state index in [1.807, 2.05) is 0 Å². The molecule has 1 N–H and O–H groups in total. The van der Waals surface area contributed by atoms with E-state index in [0.717, 1.165) is 5.56 Å². The normalized spacial score (nSPS) is 15.0. The van der Waals surface area contributed by atoms with E-state index in [-0.39, 0.29) is 23.5 Å². The number of nitrogens with zero attached hydrogens (tertiary/aromatic N) is 4. The van der Waals surface area contributed by atoms with E-state index in [1.165, 1.54) is 29.9 Å². The zero-order chi connectivity index (χ0) is 23.5. The van der Waals surface area contributed by atoms with Gasteiger partial charge in [0.05, 0.1) is 12.8 Å². The van der Waals surface area contributed by atoms with Gasteiger partial charge in [-0.15, -0.1) is 0 Å². The molecule has 170 valence electrons. The van der Waals surface area contributed by atoms with Gasteiger partial charge in [-0.1, -0.05) is 11.2 Å². The Hall–Kier alpha value is -4.08. The first-order chi connectivity index (χ1) is 15.8. The number of carbonyl (C=O) groups excluding carboxylic acids is 1. The van der Waals surface area contributed by atoms with Crippen LogP contribution in [0.1, 0.15) is 45.7 Å². The minimum Gasteiger partial charge on any atom is -0.494 e. The third-order valence-electron chi connectivity index (χ3n) is 5.20. The zero-order valence-corrected chi connectivity index (χ0v) is 18.3. The lowest BCUT2D eigenvalue weighted by Gasteiger charge is -2.09. The first-order valence-corrected chi connectivity index (χ1v) is 10.2. The highest BCUT2D eigenvalue weighted by atomic mass is 19.1. The summed E-state index contributed by atoms with van der Waals surface area (Å²) in [6, 6.07) is 9.23. The maximum Gasteiger partial charge on any atom is 0.270 e. The van der Waals surface area contributed by atoms with Crippen LogP contribution < -0.4 is 15.6 Å². The molecule has 0 radical (unpaired) electrons. The van der Waals surface area contributed by atoms with Gasteiger partial charge in [0.25, 0.3) is 11.5 Å². The standard InChI is InChI=1S/C23H22FN5O4/c1-13-26-17(18-11-20(33-28-18)15-6-7-29(2)22(30)9-15)10-19(27-13)23(31)25-12-14-4-5-16(24)21(8-14)32-3/h4-10,20H,11-12H2,1-3H3,(H,25,31)/t20-/m1/s1. The molecule has 4 rings (SSSR count). The van der Waals surface area contributed by atoms with Crippen LogP contribution in [0.25, 0.3) is 0 Å². The van der Waals surface area contributed by atoms with E-state index >= 15 is 0 Å². The number of oxime groups is 1. The zero-order valence-electron chi connectivity index (χ0n) is 18.3. The Balaban J connectivity index is 1.47. The van der Waals surface area contributed by atoms with Crippen molar-refractivity contribution >= 4 is 11.6 Å². The Labute approximate surface area is 188 Å². The molecule has 0 saturated carbocycles. The van der Waals surface area contributed by atoms with Crippen LogP contribution in [0.2, 0.25) is 0 Å². The van der Waals surface area contributed by atoms with Gasteiger partial charge in [-0.2, -0.15) is 0 Å². The van der Waals surface area contributed by atoms with E-state index in [0.29, 0.717) is 29.2 Å². The van der Waals surface area contributed by atoms with Gasteiger partial charge in [-0.05, 0) is 36.8 Å². The number of nitrogens with one attached hydrogen (secondary N) is 1. The fourth-order valence-corrected chi connectivity index (χ4v) is 3.39. The molecule has 0 spiro atoms. The second-order valence-electron chi connectivity index (χ2n) is 7.58. The summed E-state index contributed by atoms with van der Waals surface area (Å²) in [4.78, 5) is 38.7. The van der Waals surface area contributed by atoms with Gasteiger partial charge in [-0.3, -0.25) is 9.59 Å². The maximum absolute atomic E-state index is 13.6. The predicted molar refractivity (Wildman–Crippen MR) is 118 cm³/mol. The number of aromatic nitrogens is 3. The smallest absolute Gasteiger partial charge is 0.270 e. The Bertz CT molecular complexity index is 1300. The van der Waals surface area contributed by atoms with Crippen molar-refractivity contribution in [3.05, 3.63) is 87.1 Å². The lowest BCUT2D eigenvalue weighted by atomic mass is 10.0. The van der Waals surface area contributed by atoms with Crippen LogP contribution >= 0.6 is 0 Å². The molecule has 0 aliphatic carbocycles. The Morgan fingerprint density at radius 2 is 2.09 bits per heavy atom. The van der Waals surface area contributed by atoms with Crippen LogP contribution in [0.4, 0.5) is 4.39 Å². The van der Waals surface area contributed by atoms with Crippen LogP contribution in [0.5, 0.6) is 5.75 Å². The van der Waals surface area contributed by atoms with Gasteiger partial charge >= 0.3 is 0 Å². The molecule has 33 heavy (non-hydrogen) atoms. The van der Waals surface area contributed by atoms with Crippen molar-refractivity contribution in [3.8, 4) is 5.75 Å². The monoisotopic (exact) mass is 451 g/mol. The topological polar surface area (TPSA) is 108 Å². The molecule has 9 nitrogen and oxygen atoms in total. The second kappa shape index (κ2) is 9.19. The van der Waals surface area contributed by atoms with Crippen LogP contribution in [-0.2, 0) is 18.4 Å². The molecule has 0 bridgehead atoms. The van der Waals surface area contributed by atoms with Crippen molar-refractivity contribution in [2.24, 2.45) is 12.2 Å². The third kappa shape index (κ3) is 4.89. The SMILES string of the molecule is COc1cc(CNC(=O)c2cc(C3=NO[C@@H](c4ccn(C)c(=O)c4)C3)nc(C)n2)ccc1F. The molecule has 3 aromatic rings. The highest BCUT2D eigenvalue weighted by molar-refractivity contribution is 6.02. The quantitative estimate of drug-likeness (QED) is 0.617. The van der Waals surface area contributed by atoms with Crippen molar-refractivity contribution in [3.63, 3.8) is 0 Å². The summed E-state index contributed by atoms with van der Waals surface area (Å²) in [6.45, 7) is 1.85. The lowest BCUT2D eigenvalue weighted by molar-refractivity contribution is 0.0855. The summed E-state index contributed by atoms with van der Waals surface area (Å²) < 4.78 is 20.0. The summed E-state index contributed by atoms with van der Waals surface area (Å²) in [5.41, 5.74) is 2.46. The molecule has 0 saturated heterocycles. The second-order valence-corrected chi connectivity index (χ2v) is 7.58. The van der Waals surface area contributed by atoms with E-state index in [9.17, 15) is 14.0 Å². The fraction of sp³-hybridized carbons (Fsp3) is 0.261. The number of amides is 1. The van der Waals surface area contributed by atoms with Crippen LogP contribution in [0.15, 0.2) is 52.5 Å². The lowest BCUT2D eigenvalue weighted by Crippen LogP contribution is -2.25. The number of pyridine rings is 1. The summed E-state index contributed by atoms with van der Waals surface area (Å²) in [5, 5.41) is 6.88. The summed E-state index contributed by atoms with van der Waals surface area (Å²) >= 11 is 0. The van der Waals surface area contributed by atoms with Crippen LogP contribution in [-0.4, -0.2) is 33.3 Å². The molecule has 3 heterocycles. The van der Waals surface area contributed by atoms with Crippen molar-refractivity contribution in [1.29, 1.82) is 0 Å². The average Bonchev–Trinajstić information content (AvgIpc) is 3.30. The van der Waals surface area contributed by atoms with Crippen LogP contribution in [0.3, 0.4) is 0 Å². The van der Waals surface area contributed by atoms with Gasteiger partial charge in [0.15, 0.2) is 17.7 Å². The number of methoxy groups -OCH3 is 1. The minimum absolute atomic E-state index is 0.104. The Morgan fingerprint density at radius 1 is 1.27 bits per heavy atom. The molecular weight excluding hydrogens is 429 g/mol. The fourth-order valence-electron chi connectivity index (χ4n) is 3.39. The Kier molecular flexibility index (Phi) is 6.16. The molecular formula is C23H22FN5O4. The van der Waals surface area contributed by atoms with E-state index in [1.54, 1.807) is 38.4 Å². The molecule has 2 aromatic heterocycles. The molecule has 1 atom stereocenters. The number of hydrogen-bond acceptors (Lipinski definition) is 7. The summed E-state index contributed by atoms with van der Waals surface area (Å²) in [6.07, 6.45) is 1.67. The first-order valence-electron chi connectivity index (χ1n) is 10.2. The highest BCUT2D eigenvalue weighted by Gasteiger charge is 2.26. The minimum atomic E-state index is -0.475. The summed E-state index contributed by atoms with van der Waals surface area (Å²) in [7, 11) is 3.05. The Morgan fingerprint density at radius 3 is 2.85 bits per heavy atom.